The van der Waals surface area contributed by atoms with E-state index >= 15 is 0 Å². The number of hydrogen-bond acceptors (Lipinski definition) is 9. The van der Waals surface area contributed by atoms with Crippen molar-refractivity contribution in [3.8, 4) is 0 Å². The lowest BCUT2D eigenvalue weighted by Gasteiger charge is -2.36. The smallest absolute Gasteiger partial charge is 0.242 e. The van der Waals surface area contributed by atoms with E-state index in [9.17, 15) is 17.2 Å². The van der Waals surface area contributed by atoms with Crippen LogP contribution in [0.5, 0.6) is 0 Å². The molecule has 0 amide bonds. The summed E-state index contributed by atoms with van der Waals surface area (Å²) in [5, 5.41) is 4.10. The van der Waals surface area contributed by atoms with Crippen LogP contribution in [0.25, 0.3) is 0 Å². The molecule has 9 nitrogen and oxygen atoms in total. The molecule has 0 radical (unpaired) electrons. The van der Waals surface area contributed by atoms with E-state index in [2.05, 4.69) is 19.9 Å². The summed E-state index contributed by atoms with van der Waals surface area (Å²) in [5.41, 5.74) is 1.69. The molecule has 3 saturated heterocycles. The Hall–Kier alpha value is -1.99. The van der Waals surface area contributed by atoms with Crippen molar-refractivity contribution >= 4 is 9.84 Å². The van der Waals surface area contributed by atoms with Crippen molar-refractivity contribution in [1.29, 1.82) is 0 Å². The molecule has 0 saturated carbocycles. The minimum absolute atomic E-state index is 0.0140. The van der Waals surface area contributed by atoms with Crippen LogP contribution < -0.4 is 0 Å². The van der Waals surface area contributed by atoms with E-state index in [1.165, 1.54) is 0 Å². The van der Waals surface area contributed by atoms with E-state index in [1.54, 1.807) is 19.2 Å². The molecule has 3 fully saturated rings. The van der Waals surface area contributed by atoms with Gasteiger partial charge in [0, 0.05) is 46.1 Å². The number of sulfone groups is 1. The third-order valence-corrected chi connectivity index (χ3v) is 8.84. The van der Waals surface area contributed by atoms with Gasteiger partial charge < -0.3 is 14.0 Å². The van der Waals surface area contributed by atoms with Gasteiger partial charge in [-0.05, 0) is 23.5 Å². The number of epoxide rings is 1. The largest absolute Gasteiger partial charge is 0.384 e. The van der Waals surface area contributed by atoms with Crippen molar-refractivity contribution in [3.05, 3.63) is 47.1 Å². The van der Waals surface area contributed by atoms with E-state index in [1.807, 2.05) is 12.1 Å². The minimum atomic E-state index is -2.96. The van der Waals surface area contributed by atoms with Crippen molar-refractivity contribution in [3.63, 3.8) is 0 Å². The summed E-state index contributed by atoms with van der Waals surface area (Å²) >= 11 is 0. The Labute approximate surface area is 209 Å². The quantitative estimate of drug-likeness (QED) is 0.455. The first-order valence-electron chi connectivity index (χ1n) is 12.3. The second-order valence-corrected chi connectivity index (χ2v) is 12.1. The Kier molecular flexibility index (Phi) is 7.68. The molecular weight excluding hydrogens is 494 g/mol. The van der Waals surface area contributed by atoms with Crippen molar-refractivity contribution in [2.75, 3.05) is 51.4 Å². The highest BCUT2D eigenvalue weighted by Gasteiger charge is 2.51. The molecule has 3 aliphatic heterocycles. The maximum atomic E-state index is 12.8. The molecule has 0 aliphatic carbocycles. The molecule has 4 heterocycles. The number of halogens is 2. The van der Waals surface area contributed by atoms with Crippen molar-refractivity contribution < 1.29 is 31.2 Å². The van der Waals surface area contributed by atoms with E-state index in [4.69, 9.17) is 14.0 Å². The topological polar surface area (TPSA) is 101 Å². The molecule has 4 atom stereocenters. The first-order valence-corrected chi connectivity index (χ1v) is 14.2. The lowest BCUT2D eigenvalue weighted by molar-refractivity contribution is 0.113. The number of benzene rings is 1. The molecule has 12 heteroatoms. The summed E-state index contributed by atoms with van der Waals surface area (Å²) in [5.74, 6) is 1.60. The number of piperidine rings is 1. The van der Waals surface area contributed by atoms with E-state index in [0.29, 0.717) is 49.9 Å². The summed E-state index contributed by atoms with van der Waals surface area (Å²) < 4.78 is 66.0. The highest BCUT2D eigenvalue weighted by atomic mass is 32.2. The number of hydrogen-bond donors (Lipinski definition) is 0. The van der Waals surface area contributed by atoms with Gasteiger partial charge in [0.15, 0.2) is 28.1 Å². The highest BCUT2D eigenvalue weighted by molar-refractivity contribution is 7.91. The van der Waals surface area contributed by atoms with Gasteiger partial charge in [-0.15, -0.1) is 0 Å². The van der Waals surface area contributed by atoms with Crippen LogP contribution >= 0.6 is 0 Å². The number of methoxy groups -OCH3 is 1. The molecule has 0 spiro atoms. The predicted octanol–water partition coefficient (Wildman–Crippen LogP) is 2.05. The Morgan fingerprint density at radius 3 is 2.47 bits per heavy atom. The molecule has 3 aliphatic rings. The first kappa shape index (κ1) is 25.7. The van der Waals surface area contributed by atoms with Crippen LogP contribution in [-0.2, 0) is 32.2 Å². The molecule has 198 valence electrons. The second-order valence-electron chi connectivity index (χ2n) is 9.82. The minimum Gasteiger partial charge on any atom is -0.384 e. The summed E-state index contributed by atoms with van der Waals surface area (Å²) in [7, 11) is -1.34. The zero-order valence-corrected chi connectivity index (χ0v) is 21.1. The van der Waals surface area contributed by atoms with Gasteiger partial charge in [0.05, 0.1) is 24.0 Å². The van der Waals surface area contributed by atoms with Crippen molar-refractivity contribution in [1.82, 2.24) is 19.9 Å². The normalized spacial score (nSPS) is 29.0. The third kappa shape index (κ3) is 6.10. The maximum absolute atomic E-state index is 12.8. The predicted molar refractivity (Wildman–Crippen MR) is 127 cm³/mol. The summed E-state index contributed by atoms with van der Waals surface area (Å²) in [6.07, 6.45) is -1.54. The zero-order chi connectivity index (χ0) is 25.3. The average molecular weight is 527 g/mol. The standard InChI is InChI=1S/C24H32F2N4O5S/c1-33-9-6-21-27-22(35-28-21)19-13-18(17-4-2-16(3-5-17)12-20(25)26)14-30(15-19)24-23(34-24)29-7-10-36(31,32)11-8-29/h2-5,18-20,23-24H,6-15H2,1H3. The molecule has 2 aromatic rings. The monoisotopic (exact) mass is 526 g/mol. The molecule has 1 aromatic heterocycles. The first-order chi connectivity index (χ1) is 17.3. The molecule has 0 N–H and O–H groups in total. The second kappa shape index (κ2) is 10.8. The van der Waals surface area contributed by atoms with E-state index in [-0.39, 0.29) is 42.2 Å². The lowest BCUT2D eigenvalue weighted by atomic mass is 9.84. The molecule has 5 rings (SSSR count). The number of ether oxygens (including phenoxy) is 2. The van der Waals surface area contributed by atoms with Gasteiger partial charge in [0.1, 0.15) is 0 Å². The van der Waals surface area contributed by atoms with Crippen LogP contribution in [0.2, 0.25) is 0 Å². The Morgan fingerprint density at radius 2 is 1.78 bits per heavy atom. The van der Waals surface area contributed by atoms with Crippen LogP contribution in [0, 0.1) is 0 Å². The molecule has 0 bridgehead atoms. The van der Waals surface area contributed by atoms with Crippen LogP contribution in [0.1, 0.15) is 41.1 Å². The summed E-state index contributed by atoms with van der Waals surface area (Å²) in [6.45, 7) is 2.87. The Morgan fingerprint density at radius 1 is 1.08 bits per heavy atom. The SMILES string of the molecule is COCCc1noc(C2CC(c3ccc(CC(F)F)cc3)CN(C3OC3N3CCS(=O)(=O)CC3)C2)n1. The molecule has 1 aromatic carbocycles. The highest BCUT2D eigenvalue weighted by Crippen LogP contribution is 2.40. The van der Waals surface area contributed by atoms with Gasteiger partial charge in [-0.3, -0.25) is 9.80 Å². The van der Waals surface area contributed by atoms with Crippen LogP contribution in [0.4, 0.5) is 8.78 Å². The maximum Gasteiger partial charge on any atom is 0.242 e. The fraction of sp³-hybridized carbons (Fsp3) is 0.667. The average Bonchev–Trinajstić information content (AvgIpc) is 3.51. The van der Waals surface area contributed by atoms with Gasteiger partial charge in [-0.25, -0.2) is 17.2 Å². The number of aromatic nitrogens is 2. The van der Waals surface area contributed by atoms with Gasteiger partial charge >= 0.3 is 0 Å². The number of likely N-dealkylation sites (tertiary alicyclic amines) is 1. The fourth-order valence-electron chi connectivity index (χ4n) is 5.20. The van der Waals surface area contributed by atoms with E-state index in [0.717, 1.165) is 18.5 Å². The zero-order valence-electron chi connectivity index (χ0n) is 20.3. The molecule has 4 unspecified atom stereocenters. The fourth-order valence-corrected chi connectivity index (χ4v) is 6.43. The number of alkyl halides is 2. The number of nitrogens with zero attached hydrogens (tertiary/aromatic N) is 4. The Balaban J connectivity index is 1.31. The molecule has 36 heavy (non-hydrogen) atoms. The number of rotatable bonds is 9. The van der Waals surface area contributed by atoms with Gasteiger partial charge in [-0.1, -0.05) is 29.4 Å². The van der Waals surface area contributed by atoms with Gasteiger partial charge in [0.25, 0.3) is 0 Å². The van der Waals surface area contributed by atoms with Crippen LogP contribution in [0.15, 0.2) is 28.8 Å². The summed E-state index contributed by atoms with van der Waals surface area (Å²) in [4.78, 5) is 8.96. The van der Waals surface area contributed by atoms with Crippen LogP contribution in [-0.4, -0.2) is 98.6 Å². The summed E-state index contributed by atoms with van der Waals surface area (Å²) in [6, 6.07) is 7.41. The Bertz CT molecular complexity index is 1120. The van der Waals surface area contributed by atoms with Gasteiger partial charge in [0.2, 0.25) is 12.3 Å². The lowest BCUT2D eigenvalue weighted by Crippen LogP contribution is -2.46. The van der Waals surface area contributed by atoms with E-state index < -0.39 is 16.3 Å². The van der Waals surface area contributed by atoms with Crippen molar-refractivity contribution in [2.45, 2.75) is 50.0 Å². The van der Waals surface area contributed by atoms with Crippen LogP contribution in [0.3, 0.4) is 0 Å². The van der Waals surface area contributed by atoms with Crippen molar-refractivity contribution in [2.24, 2.45) is 0 Å². The molecular formula is C24H32F2N4O5S. The third-order valence-electron chi connectivity index (χ3n) is 7.23. The van der Waals surface area contributed by atoms with Gasteiger partial charge in [-0.2, -0.15) is 4.98 Å².